The van der Waals surface area contributed by atoms with Gasteiger partial charge in [0.25, 0.3) is 0 Å². The second-order valence-corrected chi connectivity index (χ2v) is 9.09. The molecule has 190 valence electrons. The Balaban J connectivity index is 1.33. The van der Waals surface area contributed by atoms with Gasteiger partial charge >= 0.3 is 18.2 Å². The van der Waals surface area contributed by atoms with Crippen LogP contribution in [0.1, 0.15) is 47.3 Å². The quantitative estimate of drug-likeness (QED) is 0.554. The predicted octanol–water partition coefficient (Wildman–Crippen LogP) is 2.88. The zero-order valence-corrected chi connectivity index (χ0v) is 19.1. The van der Waals surface area contributed by atoms with E-state index in [-0.39, 0.29) is 23.1 Å². The zero-order chi connectivity index (χ0) is 25.5. The number of hydrogen-bond donors (Lipinski definition) is 2. The topological polar surface area (TPSA) is 133 Å². The van der Waals surface area contributed by atoms with Crippen molar-refractivity contribution < 1.29 is 27.9 Å². The number of carboxylic acids is 1. The number of nitrogens with zero attached hydrogens (tertiary/aromatic N) is 7. The number of tetrazole rings is 1. The minimum atomic E-state index is -4.49. The fourth-order valence-electron chi connectivity index (χ4n) is 5.20. The molecule has 1 spiro atoms. The van der Waals surface area contributed by atoms with E-state index in [2.05, 4.69) is 30.6 Å². The third-order valence-electron chi connectivity index (χ3n) is 7.11. The first kappa shape index (κ1) is 23.9. The molecule has 2 saturated heterocycles. The largest absolute Gasteiger partial charge is 0.476 e. The molecule has 0 unspecified atom stereocenters. The minimum absolute atomic E-state index is 0.171. The molecule has 2 aliphatic rings. The molecule has 3 aromatic rings. The normalized spacial score (nSPS) is 18.1. The number of halogens is 3. The van der Waals surface area contributed by atoms with E-state index in [0.29, 0.717) is 43.6 Å². The molecule has 2 N–H and O–H groups in total. The molecule has 0 aliphatic carbocycles. The van der Waals surface area contributed by atoms with Gasteiger partial charge in [0.15, 0.2) is 11.5 Å². The van der Waals surface area contributed by atoms with Crippen molar-refractivity contribution in [2.24, 2.45) is 0 Å². The van der Waals surface area contributed by atoms with E-state index >= 15 is 0 Å². The van der Waals surface area contributed by atoms with Crippen molar-refractivity contribution in [1.82, 2.24) is 40.2 Å². The Morgan fingerprint density at radius 3 is 2.53 bits per heavy atom. The van der Waals surface area contributed by atoms with E-state index in [9.17, 15) is 22.8 Å². The van der Waals surface area contributed by atoms with Crippen LogP contribution in [0.15, 0.2) is 30.5 Å². The van der Waals surface area contributed by atoms with E-state index < -0.39 is 17.7 Å². The van der Waals surface area contributed by atoms with E-state index in [1.165, 1.54) is 18.3 Å². The number of benzene rings is 1. The molecule has 0 saturated carbocycles. The molecule has 4 heterocycles. The van der Waals surface area contributed by atoms with Crippen molar-refractivity contribution in [2.75, 3.05) is 19.6 Å². The number of hydrogen-bond acceptors (Lipinski definition) is 7. The number of aromatic nitrogens is 6. The molecule has 0 bridgehead atoms. The number of amides is 1. The number of likely N-dealkylation sites (tertiary alicyclic amines) is 2. The first-order valence-corrected chi connectivity index (χ1v) is 11.4. The van der Waals surface area contributed by atoms with Gasteiger partial charge in [-0.2, -0.15) is 23.0 Å². The smallest absolute Gasteiger partial charge is 0.416 e. The Morgan fingerprint density at radius 1 is 1.11 bits per heavy atom. The van der Waals surface area contributed by atoms with Crippen molar-refractivity contribution in [3.8, 4) is 11.4 Å². The number of piperidine rings is 1. The minimum Gasteiger partial charge on any atom is -0.476 e. The van der Waals surface area contributed by atoms with Gasteiger partial charge in [-0.05, 0) is 66.4 Å². The van der Waals surface area contributed by atoms with Crippen molar-refractivity contribution in [3.63, 3.8) is 0 Å². The number of aromatic carboxylic acids is 1. The van der Waals surface area contributed by atoms with Crippen LogP contribution in [0, 0.1) is 0 Å². The van der Waals surface area contributed by atoms with E-state index in [1.807, 2.05) is 0 Å². The third-order valence-corrected chi connectivity index (χ3v) is 7.11. The summed E-state index contributed by atoms with van der Waals surface area (Å²) in [6, 6.07) is 4.50. The van der Waals surface area contributed by atoms with Crippen LogP contribution in [-0.4, -0.2) is 82.5 Å². The van der Waals surface area contributed by atoms with Crippen LogP contribution < -0.4 is 0 Å². The summed E-state index contributed by atoms with van der Waals surface area (Å²) in [4.78, 5) is 27.8. The molecular formula is C22H23F3N8O3. The molecule has 1 amide bonds. The van der Waals surface area contributed by atoms with Gasteiger partial charge in [0.05, 0.1) is 5.56 Å². The second kappa shape index (κ2) is 9.00. The first-order chi connectivity index (χ1) is 17.2. The number of rotatable bonds is 4. The summed E-state index contributed by atoms with van der Waals surface area (Å²) in [6.45, 7) is 2.13. The molecular weight excluding hydrogens is 481 g/mol. The molecule has 2 fully saturated rings. The van der Waals surface area contributed by atoms with Crippen LogP contribution in [0.2, 0.25) is 0 Å². The van der Waals surface area contributed by atoms with Crippen molar-refractivity contribution >= 4 is 12.0 Å². The lowest BCUT2D eigenvalue weighted by Gasteiger charge is -2.45. The highest BCUT2D eigenvalue weighted by Crippen LogP contribution is 2.41. The Morgan fingerprint density at radius 2 is 1.89 bits per heavy atom. The van der Waals surface area contributed by atoms with Gasteiger partial charge in [-0.3, -0.25) is 4.90 Å². The fraction of sp³-hybridized carbons (Fsp3) is 0.455. The molecule has 5 rings (SSSR count). The average molecular weight is 504 g/mol. The second-order valence-electron chi connectivity index (χ2n) is 9.09. The summed E-state index contributed by atoms with van der Waals surface area (Å²) in [5.74, 6) is -1.03. The number of alkyl halides is 3. The van der Waals surface area contributed by atoms with Gasteiger partial charge in [-0.25, -0.2) is 14.7 Å². The van der Waals surface area contributed by atoms with Crippen molar-refractivity contribution in [3.05, 3.63) is 47.3 Å². The van der Waals surface area contributed by atoms with Crippen LogP contribution in [0.4, 0.5) is 18.0 Å². The van der Waals surface area contributed by atoms with Gasteiger partial charge in [0.1, 0.15) is 0 Å². The summed E-state index contributed by atoms with van der Waals surface area (Å²) in [5.41, 5.74) is -0.179. The van der Waals surface area contributed by atoms with Crippen LogP contribution in [-0.2, 0) is 12.7 Å². The highest BCUT2D eigenvalue weighted by Gasteiger charge is 2.44. The lowest BCUT2D eigenvalue weighted by Crippen LogP contribution is -2.53. The molecule has 0 radical (unpaired) electrons. The maximum Gasteiger partial charge on any atom is 0.416 e. The van der Waals surface area contributed by atoms with Crippen molar-refractivity contribution in [2.45, 2.75) is 43.9 Å². The van der Waals surface area contributed by atoms with E-state index in [4.69, 9.17) is 5.11 Å². The number of aromatic amines is 1. The lowest BCUT2D eigenvalue weighted by molar-refractivity contribution is -0.137. The molecule has 2 aliphatic heterocycles. The summed E-state index contributed by atoms with van der Waals surface area (Å²) in [5, 5.41) is 26.3. The summed E-state index contributed by atoms with van der Waals surface area (Å²) in [7, 11) is 0. The number of nitrogens with one attached hydrogen (secondary N) is 1. The van der Waals surface area contributed by atoms with Crippen LogP contribution in [0.5, 0.6) is 0 Å². The SMILES string of the molecule is O=C(O)c1ccn(C(=O)N2CCC3(CCCN3Cc3ccc(C(F)(F)F)cc3-c3nnn[nH]3)CC2)n1. The third kappa shape index (κ3) is 4.43. The Kier molecular flexibility index (Phi) is 5.98. The Bertz CT molecular complexity index is 1270. The van der Waals surface area contributed by atoms with E-state index in [1.54, 1.807) is 4.90 Å². The highest BCUT2D eigenvalue weighted by atomic mass is 19.4. The summed E-state index contributed by atoms with van der Waals surface area (Å²) >= 11 is 0. The maximum absolute atomic E-state index is 13.4. The standard InChI is InChI=1S/C22H23F3N8O3/c23-22(24,25)15-3-2-14(16(12-15)18-26-29-30-27-18)13-32-8-1-5-21(32)6-10-31(11-7-21)20(36)33-9-4-17(28-33)19(34)35/h2-4,9,12H,1,5-8,10-11,13H2,(H,34,35)(H,26,27,29,30). The van der Waals surface area contributed by atoms with Gasteiger partial charge in [0.2, 0.25) is 0 Å². The maximum atomic E-state index is 13.4. The Labute approximate surface area is 202 Å². The Hall–Kier alpha value is -3.81. The van der Waals surface area contributed by atoms with Gasteiger partial charge in [-0.15, -0.1) is 5.10 Å². The van der Waals surface area contributed by atoms with Crippen molar-refractivity contribution in [1.29, 1.82) is 0 Å². The highest BCUT2D eigenvalue weighted by molar-refractivity contribution is 5.86. The van der Waals surface area contributed by atoms with Gasteiger partial charge in [-0.1, -0.05) is 6.07 Å². The van der Waals surface area contributed by atoms with Crippen LogP contribution >= 0.6 is 0 Å². The average Bonchev–Trinajstić information content (AvgIpc) is 3.61. The summed E-state index contributed by atoms with van der Waals surface area (Å²) < 4.78 is 41.1. The fourth-order valence-corrected chi connectivity index (χ4v) is 5.20. The molecule has 1 aromatic carbocycles. The number of carbonyl (C=O) groups excluding carboxylic acids is 1. The molecule has 0 atom stereocenters. The molecule has 14 heteroatoms. The monoisotopic (exact) mass is 504 g/mol. The number of carbonyl (C=O) groups is 2. The van der Waals surface area contributed by atoms with Gasteiger partial charge in [0, 0.05) is 36.9 Å². The number of carboxylic acid groups (broad SMARTS) is 1. The predicted molar refractivity (Wildman–Crippen MR) is 118 cm³/mol. The lowest BCUT2D eigenvalue weighted by atomic mass is 9.84. The molecule has 2 aromatic heterocycles. The molecule has 11 nitrogen and oxygen atoms in total. The molecule has 36 heavy (non-hydrogen) atoms. The number of H-pyrrole nitrogens is 1. The summed E-state index contributed by atoms with van der Waals surface area (Å²) in [6.07, 6.45) is 0.0727. The van der Waals surface area contributed by atoms with Crippen LogP contribution in [0.25, 0.3) is 11.4 Å². The van der Waals surface area contributed by atoms with Gasteiger partial charge < -0.3 is 10.0 Å². The zero-order valence-electron chi connectivity index (χ0n) is 19.1. The first-order valence-electron chi connectivity index (χ1n) is 11.4. The van der Waals surface area contributed by atoms with E-state index in [0.717, 1.165) is 36.2 Å². The van der Waals surface area contributed by atoms with Crippen LogP contribution in [0.3, 0.4) is 0 Å².